The summed E-state index contributed by atoms with van der Waals surface area (Å²) in [5.74, 6) is -0.151. The maximum absolute atomic E-state index is 12.9. The standard InChI is InChI=1S/C13H14F3N3O4/c14-13(15,16)9-2-1-3-10(11(9)19(22)23)17-6-8-4-5-18(7-8)12(20)21/h1-3,8,17H,4-7H2,(H,20,21)/p-1/t8-/m0/s1. The number of halogens is 3. The number of nitrogens with zero attached hydrogens (tertiary/aromatic N) is 2. The number of carboxylic acid groups (broad SMARTS) is 1. The number of carbonyl (C=O) groups excluding carboxylic acids is 1. The Balaban J connectivity index is 2.14. The first-order valence-corrected chi connectivity index (χ1v) is 6.74. The van der Waals surface area contributed by atoms with Gasteiger partial charge in [0, 0.05) is 19.6 Å². The highest BCUT2D eigenvalue weighted by molar-refractivity contribution is 5.66. The highest BCUT2D eigenvalue weighted by Gasteiger charge is 2.39. The lowest BCUT2D eigenvalue weighted by molar-refractivity contribution is -0.387. The zero-order valence-electron chi connectivity index (χ0n) is 11.8. The van der Waals surface area contributed by atoms with E-state index in [9.17, 15) is 33.2 Å². The molecule has 1 aliphatic heterocycles. The van der Waals surface area contributed by atoms with Crippen LogP contribution in [0.25, 0.3) is 0 Å². The van der Waals surface area contributed by atoms with E-state index in [2.05, 4.69) is 5.32 Å². The number of hydrogen-bond donors (Lipinski definition) is 1. The summed E-state index contributed by atoms with van der Waals surface area (Å²) in [5.41, 5.74) is -2.60. The number of carbonyl (C=O) groups is 1. The fraction of sp³-hybridized carbons (Fsp3) is 0.462. The van der Waals surface area contributed by atoms with Crippen molar-refractivity contribution in [3.63, 3.8) is 0 Å². The van der Waals surface area contributed by atoms with Crippen molar-refractivity contribution >= 4 is 17.5 Å². The molecule has 1 heterocycles. The van der Waals surface area contributed by atoms with Crippen molar-refractivity contribution in [3.05, 3.63) is 33.9 Å². The second kappa shape index (κ2) is 6.31. The van der Waals surface area contributed by atoms with Crippen molar-refractivity contribution < 1.29 is 28.0 Å². The monoisotopic (exact) mass is 332 g/mol. The Morgan fingerprint density at radius 3 is 2.65 bits per heavy atom. The number of nitro benzene ring substituents is 1. The summed E-state index contributed by atoms with van der Waals surface area (Å²) < 4.78 is 38.6. The molecule has 1 fully saturated rings. The molecule has 0 spiro atoms. The quantitative estimate of drug-likeness (QED) is 0.668. The van der Waals surface area contributed by atoms with E-state index in [0.29, 0.717) is 12.5 Å². The Hall–Kier alpha value is -2.52. The molecule has 1 aliphatic rings. The van der Waals surface area contributed by atoms with Crippen molar-refractivity contribution in [3.8, 4) is 0 Å². The van der Waals surface area contributed by atoms with Gasteiger partial charge in [-0.1, -0.05) is 6.07 Å². The van der Waals surface area contributed by atoms with E-state index in [0.717, 1.165) is 11.0 Å². The molecule has 2 rings (SSSR count). The third kappa shape index (κ3) is 3.82. The molecule has 1 atom stereocenters. The van der Waals surface area contributed by atoms with Gasteiger partial charge in [-0.15, -0.1) is 0 Å². The molecule has 126 valence electrons. The number of anilines is 1. The van der Waals surface area contributed by atoms with Gasteiger partial charge in [-0.05, 0) is 24.5 Å². The van der Waals surface area contributed by atoms with E-state index in [1.54, 1.807) is 0 Å². The normalized spacial score (nSPS) is 18.0. The van der Waals surface area contributed by atoms with Gasteiger partial charge in [0.2, 0.25) is 0 Å². The fourth-order valence-corrected chi connectivity index (χ4v) is 2.53. The number of amides is 1. The third-order valence-corrected chi connectivity index (χ3v) is 3.65. The minimum atomic E-state index is -4.83. The van der Waals surface area contributed by atoms with Crippen LogP contribution in [0.3, 0.4) is 0 Å². The Labute approximate surface area is 128 Å². The second-order valence-electron chi connectivity index (χ2n) is 5.20. The van der Waals surface area contributed by atoms with Gasteiger partial charge in [-0.2, -0.15) is 13.2 Å². The van der Waals surface area contributed by atoms with Crippen LogP contribution in [-0.2, 0) is 6.18 Å². The Kier molecular flexibility index (Phi) is 4.62. The molecular weight excluding hydrogens is 319 g/mol. The van der Waals surface area contributed by atoms with Crippen molar-refractivity contribution in [1.82, 2.24) is 4.90 Å². The van der Waals surface area contributed by atoms with Gasteiger partial charge in [0.05, 0.1) is 4.92 Å². The van der Waals surface area contributed by atoms with Gasteiger partial charge in [0.15, 0.2) is 0 Å². The Morgan fingerprint density at radius 1 is 1.43 bits per heavy atom. The fourth-order valence-electron chi connectivity index (χ4n) is 2.53. The van der Waals surface area contributed by atoms with E-state index in [4.69, 9.17) is 0 Å². The lowest BCUT2D eigenvalue weighted by Crippen LogP contribution is -2.39. The van der Waals surface area contributed by atoms with Crippen LogP contribution >= 0.6 is 0 Å². The van der Waals surface area contributed by atoms with E-state index < -0.39 is 28.4 Å². The average Bonchev–Trinajstić information content (AvgIpc) is 2.92. The zero-order chi connectivity index (χ0) is 17.2. The zero-order valence-corrected chi connectivity index (χ0v) is 11.8. The highest BCUT2D eigenvalue weighted by atomic mass is 19.4. The predicted molar refractivity (Wildman–Crippen MR) is 71.7 cm³/mol. The number of nitro groups is 1. The highest BCUT2D eigenvalue weighted by Crippen LogP contribution is 2.40. The lowest BCUT2D eigenvalue weighted by atomic mass is 10.1. The number of rotatable bonds is 4. The van der Waals surface area contributed by atoms with Crippen LogP contribution in [0.5, 0.6) is 0 Å². The number of nitrogens with one attached hydrogen (secondary N) is 1. The molecule has 23 heavy (non-hydrogen) atoms. The van der Waals surface area contributed by atoms with Crippen molar-refractivity contribution in [2.75, 3.05) is 25.0 Å². The minimum Gasteiger partial charge on any atom is -0.530 e. The molecule has 7 nitrogen and oxygen atoms in total. The maximum Gasteiger partial charge on any atom is 0.423 e. The molecule has 0 bridgehead atoms. The molecule has 0 saturated carbocycles. The van der Waals surface area contributed by atoms with Crippen molar-refractivity contribution in [1.29, 1.82) is 0 Å². The molecule has 1 amide bonds. The molecule has 10 heteroatoms. The molecule has 1 N–H and O–H groups in total. The van der Waals surface area contributed by atoms with E-state index >= 15 is 0 Å². The van der Waals surface area contributed by atoms with Gasteiger partial charge in [0.25, 0.3) is 0 Å². The van der Waals surface area contributed by atoms with Gasteiger partial charge < -0.3 is 20.1 Å². The second-order valence-corrected chi connectivity index (χ2v) is 5.20. The topological polar surface area (TPSA) is 98.5 Å². The predicted octanol–water partition coefficient (Wildman–Crippen LogP) is 1.69. The van der Waals surface area contributed by atoms with Gasteiger partial charge in [-0.3, -0.25) is 10.1 Å². The number of hydrogen-bond acceptors (Lipinski definition) is 5. The first-order chi connectivity index (χ1) is 10.7. The molecule has 1 saturated heterocycles. The first kappa shape index (κ1) is 16.8. The van der Waals surface area contributed by atoms with E-state index in [-0.39, 0.29) is 31.2 Å². The summed E-state index contributed by atoms with van der Waals surface area (Å²) >= 11 is 0. The molecular formula is C13H13F3N3O4-. The summed E-state index contributed by atoms with van der Waals surface area (Å²) in [5, 5.41) is 24.3. The van der Waals surface area contributed by atoms with Crippen LogP contribution in [0.15, 0.2) is 18.2 Å². The summed E-state index contributed by atoms with van der Waals surface area (Å²) in [6.07, 6.45) is -5.63. The van der Waals surface area contributed by atoms with Gasteiger partial charge in [0.1, 0.15) is 17.3 Å². The van der Waals surface area contributed by atoms with Crippen LogP contribution in [0.2, 0.25) is 0 Å². The van der Waals surface area contributed by atoms with Gasteiger partial charge in [-0.25, -0.2) is 0 Å². The molecule has 0 aliphatic carbocycles. The number of benzene rings is 1. The van der Waals surface area contributed by atoms with Crippen LogP contribution in [0, 0.1) is 16.0 Å². The van der Waals surface area contributed by atoms with E-state index in [1.807, 2.05) is 0 Å². The van der Waals surface area contributed by atoms with Crippen LogP contribution < -0.4 is 10.4 Å². The first-order valence-electron chi connectivity index (χ1n) is 6.74. The van der Waals surface area contributed by atoms with Crippen molar-refractivity contribution in [2.45, 2.75) is 12.6 Å². The molecule has 1 aromatic carbocycles. The number of likely N-dealkylation sites (tertiary alicyclic amines) is 1. The smallest absolute Gasteiger partial charge is 0.423 e. The third-order valence-electron chi connectivity index (χ3n) is 3.65. The molecule has 0 unspecified atom stereocenters. The summed E-state index contributed by atoms with van der Waals surface area (Å²) in [6.45, 7) is 0.591. The van der Waals surface area contributed by atoms with Crippen LogP contribution in [0.1, 0.15) is 12.0 Å². The molecule has 1 aromatic rings. The maximum atomic E-state index is 12.9. The summed E-state index contributed by atoms with van der Waals surface area (Å²) in [7, 11) is 0. The minimum absolute atomic E-state index is 0.131. The van der Waals surface area contributed by atoms with Crippen molar-refractivity contribution in [2.24, 2.45) is 5.92 Å². The van der Waals surface area contributed by atoms with Crippen LogP contribution in [-0.4, -0.2) is 35.6 Å². The van der Waals surface area contributed by atoms with E-state index in [1.165, 1.54) is 6.07 Å². The largest absolute Gasteiger partial charge is 0.530 e. The Morgan fingerprint density at radius 2 is 2.13 bits per heavy atom. The molecule has 0 aromatic heterocycles. The SMILES string of the molecule is O=C([O-])N1CC[C@@H](CNc2cccc(C(F)(F)F)c2[N+](=O)[O-])C1. The average molecular weight is 332 g/mol. The number of alkyl halides is 3. The van der Waals surface area contributed by atoms with Gasteiger partial charge >= 0.3 is 11.9 Å². The summed E-state index contributed by atoms with van der Waals surface area (Å²) in [6, 6.07) is 2.93. The lowest BCUT2D eigenvalue weighted by Gasteiger charge is -2.19. The summed E-state index contributed by atoms with van der Waals surface area (Å²) in [4.78, 5) is 21.7. The Bertz CT molecular complexity index is 621. The number of para-hydroxylation sites is 1. The molecule has 0 radical (unpaired) electrons. The van der Waals surface area contributed by atoms with Crippen LogP contribution in [0.4, 0.5) is 29.3 Å².